The van der Waals surface area contributed by atoms with Crippen LogP contribution in [0.4, 0.5) is 0 Å². The molecule has 0 aromatic heterocycles. The van der Waals surface area contributed by atoms with E-state index >= 15 is 0 Å². The van der Waals surface area contributed by atoms with Gasteiger partial charge in [-0.15, -0.1) is 0 Å². The lowest BCUT2D eigenvalue weighted by Gasteiger charge is -2.26. The lowest BCUT2D eigenvalue weighted by Crippen LogP contribution is -2.38. The number of Topliss-reactive ketones (excluding diaryl/α,β-unsaturated/α-hetero) is 3. The van der Waals surface area contributed by atoms with E-state index in [1.165, 1.54) is 21.3 Å². The molecule has 0 spiro atoms. The van der Waals surface area contributed by atoms with Crippen molar-refractivity contribution in [1.82, 2.24) is 0 Å². The summed E-state index contributed by atoms with van der Waals surface area (Å²) in [6, 6.07) is 13.0. The van der Waals surface area contributed by atoms with Crippen LogP contribution in [0.5, 0.6) is 17.2 Å². The maximum absolute atomic E-state index is 12.8. The van der Waals surface area contributed by atoms with Crippen molar-refractivity contribution >= 4 is 17.3 Å². The largest absolute Gasteiger partial charge is 0.493 e. The van der Waals surface area contributed by atoms with Crippen molar-refractivity contribution in [2.75, 3.05) is 21.3 Å². The predicted molar refractivity (Wildman–Crippen MR) is 111 cm³/mol. The normalized spacial score (nSPS) is 18.8. The van der Waals surface area contributed by atoms with Crippen LogP contribution >= 0.6 is 0 Å². The van der Waals surface area contributed by atoms with E-state index in [1.54, 1.807) is 12.1 Å². The molecule has 0 radical (unpaired) electrons. The Labute approximate surface area is 176 Å². The van der Waals surface area contributed by atoms with Crippen LogP contribution < -0.4 is 14.2 Å². The third-order valence-electron chi connectivity index (χ3n) is 5.56. The molecule has 1 aliphatic rings. The Kier molecular flexibility index (Phi) is 6.87. The molecule has 0 unspecified atom stereocenters. The van der Waals surface area contributed by atoms with Gasteiger partial charge in [-0.2, -0.15) is 0 Å². The topological polar surface area (TPSA) is 78.9 Å². The van der Waals surface area contributed by atoms with Gasteiger partial charge in [0.05, 0.1) is 21.3 Å². The number of methoxy groups -OCH3 is 3. The zero-order valence-electron chi connectivity index (χ0n) is 17.5. The van der Waals surface area contributed by atoms with Gasteiger partial charge in [0.15, 0.2) is 28.8 Å². The predicted octanol–water partition coefficient (Wildman–Crippen LogP) is 3.55. The molecule has 6 nitrogen and oxygen atoms in total. The van der Waals surface area contributed by atoms with Crippen molar-refractivity contribution in [3.05, 3.63) is 53.6 Å². The van der Waals surface area contributed by atoms with Gasteiger partial charge in [-0.3, -0.25) is 14.4 Å². The van der Waals surface area contributed by atoms with E-state index in [0.29, 0.717) is 23.7 Å². The van der Waals surface area contributed by atoms with Crippen LogP contribution in [0.2, 0.25) is 0 Å². The highest BCUT2D eigenvalue weighted by molar-refractivity contribution is 6.21. The molecule has 1 fully saturated rings. The van der Waals surface area contributed by atoms with Crippen LogP contribution in [0, 0.1) is 5.92 Å². The maximum atomic E-state index is 12.8. The SMILES string of the molecule is COc1ccc(CCC(=O)C2C(=O)CC(c3ccccc3)CC2=O)c(OC)c1OC. The van der Waals surface area contributed by atoms with Crippen molar-refractivity contribution < 1.29 is 28.6 Å². The van der Waals surface area contributed by atoms with Gasteiger partial charge in [-0.1, -0.05) is 36.4 Å². The number of ether oxygens (including phenoxy) is 3. The molecule has 6 heteroatoms. The average molecular weight is 410 g/mol. The number of hydrogen-bond donors (Lipinski definition) is 0. The maximum Gasteiger partial charge on any atom is 0.203 e. The van der Waals surface area contributed by atoms with Gasteiger partial charge >= 0.3 is 0 Å². The summed E-state index contributed by atoms with van der Waals surface area (Å²) in [6.45, 7) is 0. The molecule has 0 aliphatic heterocycles. The smallest absolute Gasteiger partial charge is 0.203 e. The molecule has 0 saturated heterocycles. The lowest BCUT2D eigenvalue weighted by atomic mass is 9.74. The summed E-state index contributed by atoms with van der Waals surface area (Å²) in [5.74, 6) is -0.774. The van der Waals surface area contributed by atoms with Crippen molar-refractivity contribution in [2.24, 2.45) is 5.92 Å². The summed E-state index contributed by atoms with van der Waals surface area (Å²) in [7, 11) is 4.56. The van der Waals surface area contributed by atoms with E-state index in [0.717, 1.165) is 11.1 Å². The van der Waals surface area contributed by atoms with Crippen LogP contribution in [0.1, 0.15) is 36.3 Å². The van der Waals surface area contributed by atoms with E-state index in [9.17, 15) is 14.4 Å². The van der Waals surface area contributed by atoms with Crippen molar-refractivity contribution in [2.45, 2.75) is 31.6 Å². The van der Waals surface area contributed by atoms with Crippen LogP contribution in [0.15, 0.2) is 42.5 Å². The van der Waals surface area contributed by atoms with E-state index in [4.69, 9.17) is 14.2 Å². The standard InChI is InChI=1S/C24H26O6/c1-28-21-12-10-16(23(29-2)24(21)30-3)9-11-18(25)22-19(26)13-17(14-20(22)27)15-7-5-4-6-8-15/h4-8,10,12,17,22H,9,11,13-14H2,1-3H3. The summed E-state index contributed by atoms with van der Waals surface area (Å²) < 4.78 is 16.1. The van der Waals surface area contributed by atoms with Gasteiger partial charge < -0.3 is 14.2 Å². The first kappa shape index (κ1) is 21.6. The quantitative estimate of drug-likeness (QED) is 0.620. The molecule has 1 saturated carbocycles. The summed E-state index contributed by atoms with van der Waals surface area (Å²) in [5.41, 5.74) is 1.71. The molecule has 0 atom stereocenters. The molecule has 30 heavy (non-hydrogen) atoms. The summed E-state index contributed by atoms with van der Waals surface area (Å²) in [5, 5.41) is 0. The lowest BCUT2D eigenvalue weighted by molar-refractivity contribution is -0.142. The third-order valence-corrected chi connectivity index (χ3v) is 5.56. The zero-order chi connectivity index (χ0) is 21.7. The third kappa shape index (κ3) is 4.37. The molecule has 2 aromatic rings. The Morgan fingerprint density at radius 1 is 0.867 bits per heavy atom. The fourth-order valence-electron chi connectivity index (χ4n) is 4.06. The average Bonchev–Trinajstić information content (AvgIpc) is 2.76. The minimum Gasteiger partial charge on any atom is -0.493 e. The van der Waals surface area contributed by atoms with Gasteiger partial charge in [0.1, 0.15) is 5.92 Å². The molecule has 0 heterocycles. The van der Waals surface area contributed by atoms with Crippen LogP contribution in [-0.4, -0.2) is 38.7 Å². The van der Waals surface area contributed by atoms with Gasteiger partial charge in [-0.05, 0) is 29.5 Å². The van der Waals surface area contributed by atoms with Crippen molar-refractivity contribution in [1.29, 1.82) is 0 Å². The summed E-state index contributed by atoms with van der Waals surface area (Å²) >= 11 is 0. The molecule has 158 valence electrons. The van der Waals surface area contributed by atoms with E-state index in [2.05, 4.69) is 0 Å². The highest BCUT2D eigenvalue weighted by Crippen LogP contribution is 2.40. The van der Waals surface area contributed by atoms with E-state index in [1.807, 2.05) is 30.3 Å². The number of ketones is 3. The second kappa shape index (κ2) is 9.57. The van der Waals surface area contributed by atoms with Crippen molar-refractivity contribution in [3.63, 3.8) is 0 Å². The van der Waals surface area contributed by atoms with Crippen LogP contribution in [0.25, 0.3) is 0 Å². The highest BCUT2D eigenvalue weighted by atomic mass is 16.5. The first-order valence-electron chi connectivity index (χ1n) is 9.91. The second-order valence-corrected chi connectivity index (χ2v) is 7.34. The zero-order valence-corrected chi connectivity index (χ0v) is 17.5. The molecular weight excluding hydrogens is 384 g/mol. The molecule has 0 bridgehead atoms. The van der Waals surface area contributed by atoms with Crippen LogP contribution in [0.3, 0.4) is 0 Å². The summed E-state index contributed by atoms with van der Waals surface area (Å²) in [4.78, 5) is 38.1. The molecule has 0 amide bonds. The Morgan fingerprint density at radius 3 is 2.07 bits per heavy atom. The Hall–Kier alpha value is -3.15. The van der Waals surface area contributed by atoms with Gasteiger partial charge in [0.2, 0.25) is 5.75 Å². The number of carbonyl (C=O) groups excluding carboxylic acids is 3. The number of hydrogen-bond acceptors (Lipinski definition) is 6. The second-order valence-electron chi connectivity index (χ2n) is 7.34. The number of benzene rings is 2. The highest BCUT2D eigenvalue weighted by Gasteiger charge is 2.40. The van der Waals surface area contributed by atoms with Gasteiger partial charge in [0.25, 0.3) is 0 Å². The molecule has 1 aliphatic carbocycles. The monoisotopic (exact) mass is 410 g/mol. The molecule has 0 N–H and O–H groups in total. The fraction of sp³-hybridized carbons (Fsp3) is 0.375. The minimum absolute atomic E-state index is 0.0734. The first-order valence-corrected chi connectivity index (χ1v) is 9.91. The Morgan fingerprint density at radius 2 is 1.50 bits per heavy atom. The fourth-order valence-corrected chi connectivity index (χ4v) is 4.06. The summed E-state index contributed by atoms with van der Waals surface area (Å²) in [6.07, 6.45) is 0.837. The van der Waals surface area contributed by atoms with Gasteiger partial charge in [-0.25, -0.2) is 0 Å². The first-order chi connectivity index (χ1) is 14.5. The Balaban J connectivity index is 1.70. The number of carbonyl (C=O) groups is 3. The Bertz CT molecular complexity index is 916. The molecule has 2 aromatic carbocycles. The van der Waals surface area contributed by atoms with Crippen molar-refractivity contribution in [3.8, 4) is 17.2 Å². The van der Waals surface area contributed by atoms with Crippen LogP contribution in [-0.2, 0) is 20.8 Å². The van der Waals surface area contributed by atoms with E-state index in [-0.39, 0.29) is 42.5 Å². The molecular formula is C24H26O6. The van der Waals surface area contributed by atoms with E-state index < -0.39 is 5.92 Å². The number of rotatable bonds is 8. The minimum atomic E-state index is -1.16. The van der Waals surface area contributed by atoms with Gasteiger partial charge in [0, 0.05) is 19.3 Å². The molecule has 3 rings (SSSR count). The number of aryl methyl sites for hydroxylation is 1.